The zero-order valence-corrected chi connectivity index (χ0v) is 23.8. The highest BCUT2D eigenvalue weighted by atomic mass is 32.1. The van der Waals surface area contributed by atoms with E-state index >= 15 is 0 Å². The van der Waals surface area contributed by atoms with E-state index in [2.05, 4.69) is 25.5 Å². The summed E-state index contributed by atoms with van der Waals surface area (Å²) < 4.78 is 41.4. The van der Waals surface area contributed by atoms with Gasteiger partial charge in [-0.15, -0.1) is 0 Å². The topological polar surface area (TPSA) is 95.4 Å². The number of hydrogen-bond donors (Lipinski definition) is 2. The van der Waals surface area contributed by atoms with Crippen LogP contribution in [0.25, 0.3) is 21.3 Å². The Labute approximate surface area is 234 Å². The summed E-state index contributed by atoms with van der Waals surface area (Å²) in [6.07, 6.45) is -2.20. The van der Waals surface area contributed by atoms with E-state index in [1.807, 2.05) is 14.1 Å². The molecule has 2 aromatic carbocycles. The molecule has 9 nitrogen and oxygen atoms in total. The van der Waals surface area contributed by atoms with Gasteiger partial charge in [0.15, 0.2) is 5.13 Å². The molecule has 1 atom stereocenters. The number of imidazole rings is 1. The summed E-state index contributed by atoms with van der Waals surface area (Å²) in [4.78, 5) is 38.3. The monoisotopic (exact) mass is 575 g/mol. The van der Waals surface area contributed by atoms with Gasteiger partial charge in [-0.05, 0) is 76.3 Å². The van der Waals surface area contributed by atoms with E-state index in [0.717, 1.165) is 48.4 Å². The molecule has 0 radical (unpaired) electrons. The van der Waals surface area contributed by atoms with Gasteiger partial charge in [-0.25, -0.2) is 9.97 Å². The first-order valence-corrected chi connectivity index (χ1v) is 13.5. The van der Waals surface area contributed by atoms with E-state index in [4.69, 9.17) is 0 Å². The van der Waals surface area contributed by atoms with Crippen molar-refractivity contribution in [2.75, 3.05) is 40.1 Å². The lowest BCUT2D eigenvalue weighted by Gasteiger charge is -2.22. The highest BCUT2D eigenvalue weighted by Gasteiger charge is 2.31. The van der Waals surface area contributed by atoms with Crippen LogP contribution in [-0.2, 0) is 18.0 Å². The van der Waals surface area contributed by atoms with Crippen molar-refractivity contribution in [1.82, 2.24) is 29.7 Å². The molecule has 0 fully saturated rings. The minimum absolute atomic E-state index is 0.165. The first-order valence-electron chi connectivity index (χ1n) is 12.7. The molecule has 0 saturated heterocycles. The molecule has 0 spiro atoms. The minimum Gasteiger partial charge on any atom is -0.347 e. The molecule has 2 aromatic heterocycles. The van der Waals surface area contributed by atoms with E-state index < -0.39 is 17.8 Å². The molecule has 4 aromatic rings. The van der Waals surface area contributed by atoms with Crippen molar-refractivity contribution >= 4 is 55.5 Å². The van der Waals surface area contributed by atoms with Crippen LogP contribution < -0.4 is 10.6 Å². The van der Waals surface area contributed by atoms with Gasteiger partial charge in [0.1, 0.15) is 6.04 Å². The second kappa shape index (κ2) is 11.8. The van der Waals surface area contributed by atoms with Crippen molar-refractivity contribution in [2.24, 2.45) is 7.05 Å². The standard InChI is InChI=1S/C27H32F3N7O2S/c1-35(2)13-7-6-8-19(24(39)36(3)4)31-23(38)16-9-12-21-20(14-16)32-25(37(21)5)34-26-33-18-11-10-17(27(28,29)30)15-22(18)40-26/h9-12,14-15,19H,6-8,13H2,1-5H3,(H,31,38)(H,32,33,34)/t19-/m0/s1. The molecule has 0 aliphatic rings. The van der Waals surface area contributed by atoms with Crippen molar-refractivity contribution in [3.05, 3.63) is 47.5 Å². The number of nitrogens with zero attached hydrogens (tertiary/aromatic N) is 5. The first kappa shape index (κ1) is 29.3. The Hall–Kier alpha value is -3.71. The highest BCUT2D eigenvalue weighted by Crippen LogP contribution is 2.35. The minimum atomic E-state index is -4.43. The number of unbranched alkanes of at least 4 members (excludes halogenated alkanes) is 1. The third-order valence-electron chi connectivity index (χ3n) is 6.47. The molecule has 0 unspecified atom stereocenters. The lowest BCUT2D eigenvalue weighted by molar-refractivity contribution is -0.137. The van der Waals surface area contributed by atoms with Crippen LogP contribution in [-0.4, -0.2) is 76.9 Å². The maximum absolute atomic E-state index is 13.1. The molecule has 0 saturated carbocycles. The highest BCUT2D eigenvalue weighted by molar-refractivity contribution is 7.22. The van der Waals surface area contributed by atoms with E-state index in [0.29, 0.717) is 38.8 Å². The fraction of sp³-hybridized carbons (Fsp3) is 0.407. The number of benzene rings is 2. The number of fused-ring (bicyclic) bond motifs is 2. The lowest BCUT2D eigenvalue weighted by atomic mass is 10.1. The first-order chi connectivity index (χ1) is 18.8. The average molecular weight is 576 g/mol. The number of alkyl halides is 3. The molecule has 4 rings (SSSR count). The third-order valence-corrected chi connectivity index (χ3v) is 7.40. The molecule has 13 heteroatoms. The Morgan fingerprint density at radius 2 is 1.77 bits per heavy atom. The van der Waals surface area contributed by atoms with Crippen molar-refractivity contribution < 1.29 is 22.8 Å². The molecular formula is C27H32F3N7O2S. The number of carbonyl (C=O) groups excluding carboxylic acids is 2. The van der Waals surface area contributed by atoms with Crippen LogP contribution in [0.4, 0.5) is 24.3 Å². The maximum atomic E-state index is 13.1. The van der Waals surface area contributed by atoms with Gasteiger partial charge in [0, 0.05) is 26.7 Å². The van der Waals surface area contributed by atoms with E-state index in [-0.39, 0.29) is 11.8 Å². The number of halogens is 3. The number of anilines is 2. The molecule has 40 heavy (non-hydrogen) atoms. The SMILES string of the molecule is CN(C)CCCC[C@H](NC(=O)c1ccc2c(c1)nc(Nc1nc3ccc(C(F)(F)F)cc3s1)n2C)C(=O)N(C)C. The van der Waals surface area contributed by atoms with Gasteiger partial charge in [0.05, 0.1) is 26.8 Å². The lowest BCUT2D eigenvalue weighted by Crippen LogP contribution is -2.46. The Balaban J connectivity index is 1.51. The summed E-state index contributed by atoms with van der Waals surface area (Å²) in [6.45, 7) is 0.898. The van der Waals surface area contributed by atoms with Crippen LogP contribution in [0.3, 0.4) is 0 Å². The average Bonchev–Trinajstić information content (AvgIpc) is 3.43. The third kappa shape index (κ3) is 6.70. The van der Waals surface area contributed by atoms with Gasteiger partial charge in [-0.1, -0.05) is 11.3 Å². The summed E-state index contributed by atoms with van der Waals surface area (Å²) in [5, 5.41) is 6.35. The van der Waals surface area contributed by atoms with Gasteiger partial charge in [-0.3, -0.25) is 9.59 Å². The van der Waals surface area contributed by atoms with Gasteiger partial charge >= 0.3 is 6.18 Å². The number of aromatic nitrogens is 3. The summed E-state index contributed by atoms with van der Waals surface area (Å²) in [5.41, 5.74) is 1.36. The van der Waals surface area contributed by atoms with Crippen LogP contribution in [0.15, 0.2) is 36.4 Å². The van der Waals surface area contributed by atoms with Crippen molar-refractivity contribution in [2.45, 2.75) is 31.5 Å². The Kier molecular flexibility index (Phi) is 8.64. The summed E-state index contributed by atoms with van der Waals surface area (Å²) >= 11 is 1.09. The predicted molar refractivity (Wildman–Crippen MR) is 151 cm³/mol. The van der Waals surface area contributed by atoms with Gasteiger partial charge in [0.25, 0.3) is 5.91 Å². The number of nitrogens with one attached hydrogen (secondary N) is 2. The number of likely N-dealkylation sites (N-methyl/N-ethyl adjacent to an activating group) is 1. The fourth-order valence-electron chi connectivity index (χ4n) is 4.29. The molecule has 0 bridgehead atoms. The van der Waals surface area contributed by atoms with E-state index in [1.165, 1.54) is 11.0 Å². The number of aryl methyl sites for hydroxylation is 1. The van der Waals surface area contributed by atoms with Crippen LogP contribution in [0.2, 0.25) is 0 Å². The van der Waals surface area contributed by atoms with Crippen molar-refractivity contribution in [3.63, 3.8) is 0 Å². The summed E-state index contributed by atoms with van der Waals surface area (Å²) in [6, 6.07) is 7.86. The van der Waals surface area contributed by atoms with Crippen molar-refractivity contribution in [1.29, 1.82) is 0 Å². The van der Waals surface area contributed by atoms with Gasteiger partial charge < -0.3 is 25.0 Å². The number of thiazole rings is 1. The predicted octanol–water partition coefficient (Wildman–Crippen LogP) is 4.86. The maximum Gasteiger partial charge on any atom is 0.416 e. The number of carbonyl (C=O) groups is 2. The summed E-state index contributed by atoms with van der Waals surface area (Å²) in [5.74, 6) is -0.118. The zero-order chi connectivity index (χ0) is 29.2. The van der Waals surface area contributed by atoms with Crippen LogP contribution >= 0.6 is 11.3 Å². The molecular weight excluding hydrogens is 543 g/mol. The number of rotatable bonds is 10. The Morgan fingerprint density at radius 1 is 1.02 bits per heavy atom. The second-order valence-electron chi connectivity index (χ2n) is 10.1. The molecule has 2 heterocycles. The van der Waals surface area contributed by atoms with E-state index in [1.54, 1.807) is 43.9 Å². The summed E-state index contributed by atoms with van der Waals surface area (Å²) in [7, 11) is 9.09. The fourth-order valence-corrected chi connectivity index (χ4v) is 5.19. The number of hydrogen-bond acceptors (Lipinski definition) is 7. The number of amides is 2. The van der Waals surface area contributed by atoms with Gasteiger partial charge in [-0.2, -0.15) is 13.2 Å². The largest absolute Gasteiger partial charge is 0.416 e. The Bertz CT molecular complexity index is 1530. The normalized spacial score (nSPS) is 12.7. The second-order valence-corrected chi connectivity index (χ2v) is 11.1. The van der Waals surface area contributed by atoms with Crippen LogP contribution in [0.1, 0.15) is 35.2 Å². The molecule has 0 aliphatic carbocycles. The smallest absolute Gasteiger partial charge is 0.347 e. The van der Waals surface area contributed by atoms with Crippen molar-refractivity contribution in [3.8, 4) is 0 Å². The molecule has 214 valence electrons. The molecule has 2 amide bonds. The molecule has 2 N–H and O–H groups in total. The molecule has 0 aliphatic heterocycles. The van der Waals surface area contributed by atoms with Crippen LogP contribution in [0.5, 0.6) is 0 Å². The van der Waals surface area contributed by atoms with Gasteiger partial charge in [0.2, 0.25) is 11.9 Å². The van der Waals surface area contributed by atoms with Crippen LogP contribution in [0, 0.1) is 0 Å². The van der Waals surface area contributed by atoms with E-state index in [9.17, 15) is 22.8 Å². The zero-order valence-electron chi connectivity index (χ0n) is 23.0. The quantitative estimate of drug-likeness (QED) is 0.262. The Morgan fingerprint density at radius 3 is 2.45 bits per heavy atom.